The van der Waals surface area contributed by atoms with E-state index in [-0.39, 0.29) is 5.56 Å². The molecule has 0 aliphatic carbocycles. The van der Waals surface area contributed by atoms with E-state index < -0.39 is 5.97 Å². The molecule has 0 radical (unpaired) electrons. The number of unbranched alkanes of at least 4 members (excludes halogenated alkanes) is 1. The molecule has 0 atom stereocenters. The normalized spacial score (nSPS) is 11.7. The molecule has 0 amide bonds. The van der Waals surface area contributed by atoms with E-state index in [1.165, 1.54) is 0 Å². The maximum absolute atomic E-state index is 11.0. The van der Waals surface area contributed by atoms with Crippen molar-refractivity contribution in [1.82, 2.24) is 19.9 Å². The van der Waals surface area contributed by atoms with Crippen molar-refractivity contribution in [3.05, 3.63) is 23.8 Å². The lowest BCUT2D eigenvalue weighted by Gasteiger charge is -2.20. The standard InChI is InChI=1S/C15H22N4O2/c1-11(2)18(3)8-4-5-9-19-14-10-12(15(20)21)6-7-13(14)16-17-19/h6-7,10-11H,4-5,8-9H2,1-3H3,(H,20,21). The maximum atomic E-state index is 11.0. The summed E-state index contributed by atoms with van der Waals surface area (Å²) < 4.78 is 1.79. The minimum absolute atomic E-state index is 0.269. The van der Waals surface area contributed by atoms with Crippen LogP contribution in [0.1, 0.15) is 37.0 Å². The molecule has 6 nitrogen and oxygen atoms in total. The van der Waals surface area contributed by atoms with Gasteiger partial charge in [0.25, 0.3) is 0 Å². The zero-order valence-electron chi connectivity index (χ0n) is 12.8. The Bertz CT molecular complexity index is 621. The van der Waals surface area contributed by atoms with Gasteiger partial charge in [-0.2, -0.15) is 0 Å². The van der Waals surface area contributed by atoms with Crippen molar-refractivity contribution >= 4 is 17.0 Å². The van der Waals surface area contributed by atoms with Crippen LogP contribution in [-0.2, 0) is 6.54 Å². The minimum atomic E-state index is -0.928. The van der Waals surface area contributed by atoms with Gasteiger partial charge in [-0.3, -0.25) is 0 Å². The molecule has 0 aliphatic rings. The molecular weight excluding hydrogens is 268 g/mol. The lowest BCUT2D eigenvalue weighted by Crippen LogP contribution is -2.27. The molecule has 0 spiro atoms. The van der Waals surface area contributed by atoms with Crippen molar-refractivity contribution in [1.29, 1.82) is 0 Å². The molecule has 1 N–H and O–H groups in total. The molecule has 1 heterocycles. The summed E-state index contributed by atoms with van der Waals surface area (Å²) in [6.45, 7) is 6.16. The summed E-state index contributed by atoms with van der Waals surface area (Å²) in [5.41, 5.74) is 1.79. The smallest absolute Gasteiger partial charge is 0.335 e. The van der Waals surface area contributed by atoms with E-state index in [2.05, 4.69) is 36.1 Å². The predicted molar refractivity (Wildman–Crippen MR) is 81.5 cm³/mol. The van der Waals surface area contributed by atoms with Crippen LogP contribution < -0.4 is 0 Å². The zero-order chi connectivity index (χ0) is 15.4. The van der Waals surface area contributed by atoms with Gasteiger partial charge in [-0.1, -0.05) is 5.21 Å². The van der Waals surface area contributed by atoms with Crippen molar-refractivity contribution in [3.63, 3.8) is 0 Å². The molecule has 0 aliphatic heterocycles. The highest BCUT2D eigenvalue weighted by Gasteiger charge is 2.09. The first-order valence-corrected chi connectivity index (χ1v) is 7.26. The summed E-state index contributed by atoms with van der Waals surface area (Å²) in [5.74, 6) is -0.928. The highest BCUT2D eigenvalue weighted by atomic mass is 16.4. The Morgan fingerprint density at radius 3 is 2.81 bits per heavy atom. The number of hydrogen-bond acceptors (Lipinski definition) is 4. The maximum Gasteiger partial charge on any atom is 0.335 e. The van der Waals surface area contributed by atoms with E-state index in [1.807, 2.05) is 0 Å². The second-order valence-corrected chi connectivity index (χ2v) is 5.60. The zero-order valence-corrected chi connectivity index (χ0v) is 12.8. The van der Waals surface area contributed by atoms with Gasteiger partial charge in [-0.15, -0.1) is 5.10 Å². The third-order valence-corrected chi connectivity index (χ3v) is 3.77. The number of rotatable bonds is 7. The number of aryl methyl sites for hydroxylation is 1. The number of aromatic carboxylic acids is 1. The van der Waals surface area contributed by atoms with Gasteiger partial charge >= 0.3 is 5.97 Å². The molecule has 114 valence electrons. The first-order valence-electron chi connectivity index (χ1n) is 7.26. The third-order valence-electron chi connectivity index (χ3n) is 3.77. The average Bonchev–Trinajstić information content (AvgIpc) is 2.85. The summed E-state index contributed by atoms with van der Waals surface area (Å²) in [6, 6.07) is 5.45. The van der Waals surface area contributed by atoms with Crippen molar-refractivity contribution in [2.24, 2.45) is 0 Å². The highest BCUT2D eigenvalue weighted by molar-refractivity contribution is 5.92. The van der Waals surface area contributed by atoms with Gasteiger partial charge in [0.2, 0.25) is 0 Å². The molecule has 0 saturated heterocycles. The van der Waals surface area contributed by atoms with Crippen LogP contribution in [0.5, 0.6) is 0 Å². The lowest BCUT2D eigenvalue weighted by molar-refractivity contribution is 0.0697. The fraction of sp³-hybridized carbons (Fsp3) is 0.533. The largest absolute Gasteiger partial charge is 0.478 e. The second kappa shape index (κ2) is 6.67. The number of carboxylic acids is 1. The molecule has 6 heteroatoms. The van der Waals surface area contributed by atoms with Crippen LogP contribution in [-0.4, -0.2) is 50.6 Å². The third kappa shape index (κ3) is 3.78. The van der Waals surface area contributed by atoms with Gasteiger partial charge in [0.15, 0.2) is 0 Å². The van der Waals surface area contributed by atoms with Gasteiger partial charge in [0, 0.05) is 12.6 Å². The first kappa shape index (κ1) is 15.4. The van der Waals surface area contributed by atoms with Crippen molar-refractivity contribution in [3.8, 4) is 0 Å². The lowest BCUT2D eigenvalue weighted by atomic mass is 10.2. The SMILES string of the molecule is CC(C)N(C)CCCCn1nnc2ccc(C(=O)O)cc21. The number of carboxylic acid groups (broad SMARTS) is 1. The number of carbonyl (C=O) groups is 1. The Balaban J connectivity index is 1.99. The van der Waals surface area contributed by atoms with Gasteiger partial charge in [0.05, 0.1) is 11.1 Å². The number of aromatic nitrogens is 3. The molecule has 2 aromatic rings. The van der Waals surface area contributed by atoms with Crippen molar-refractivity contribution in [2.45, 2.75) is 39.3 Å². The monoisotopic (exact) mass is 290 g/mol. The quantitative estimate of drug-likeness (QED) is 0.792. The van der Waals surface area contributed by atoms with Gasteiger partial charge in [0.1, 0.15) is 5.52 Å². The Labute approximate surface area is 124 Å². The van der Waals surface area contributed by atoms with E-state index in [1.54, 1.807) is 22.9 Å². The van der Waals surface area contributed by atoms with Gasteiger partial charge in [-0.05, 0) is 58.5 Å². The summed E-state index contributed by atoms with van der Waals surface area (Å²) in [5, 5.41) is 17.2. The first-order chi connectivity index (χ1) is 9.99. The molecule has 21 heavy (non-hydrogen) atoms. The van der Waals surface area contributed by atoms with Crippen molar-refractivity contribution < 1.29 is 9.90 Å². The van der Waals surface area contributed by atoms with Crippen LogP contribution in [0.2, 0.25) is 0 Å². The van der Waals surface area contributed by atoms with Crippen LogP contribution in [0.3, 0.4) is 0 Å². The number of fused-ring (bicyclic) bond motifs is 1. The van der Waals surface area contributed by atoms with E-state index in [0.717, 1.165) is 37.0 Å². The molecule has 0 fully saturated rings. The molecule has 0 bridgehead atoms. The Hall–Kier alpha value is -1.95. The van der Waals surface area contributed by atoms with E-state index >= 15 is 0 Å². The number of nitrogens with zero attached hydrogens (tertiary/aromatic N) is 4. The summed E-state index contributed by atoms with van der Waals surface area (Å²) in [7, 11) is 2.12. The summed E-state index contributed by atoms with van der Waals surface area (Å²) in [4.78, 5) is 13.3. The van der Waals surface area contributed by atoms with E-state index in [4.69, 9.17) is 5.11 Å². The van der Waals surface area contributed by atoms with Crippen LogP contribution in [0, 0.1) is 0 Å². The summed E-state index contributed by atoms with van der Waals surface area (Å²) in [6.07, 6.45) is 2.07. The second-order valence-electron chi connectivity index (χ2n) is 5.60. The molecule has 1 aromatic carbocycles. The van der Waals surface area contributed by atoms with Gasteiger partial charge in [-0.25, -0.2) is 9.48 Å². The van der Waals surface area contributed by atoms with Crippen LogP contribution in [0.15, 0.2) is 18.2 Å². The molecule has 2 rings (SSSR count). The van der Waals surface area contributed by atoms with Crippen LogP contribution in [0.4, 0.5) is 0 Å². The Kier molecular flexibility index (Phi) is 4.90. The molecule has 0 saturated carbocycles. The van der Waals surface area contributed by atoms with Crippen LogP contribution in [0.25, 0.3) is 11.0 Å². The molecule has 0 unspecified atom stereocenters. The number of benzene rings is 1. The van der Waals surface area contributed by atoms with E-state index in [9.17, 15) is 4.79 Å². The number of hydrogen-bond donors (Lipinski definition) is 1. The van der Waals surface area contributed by atoms with Crippen LogP contribution >= 0.6 is 0 Å². The Morgan fingerprint density at radius 2 is 2.14 bits per heavy atom. The molecular formula is C15H22N4O2. The highest BCUT2D eigenvalue weighted by Crippen LogP contribution is 2.14. The fourth-order valence-electron chi connectivity index (χ4n) is 2.14. The Morgan fingerprint density at radius 1 is 1.38 bits per heavy atom. The summed E-state index contributed by atoms with van der Waals surface area (Å²) >= 11 is 0. The predicted octanol–water partition coefficient (Wildman–Crippen LogP) is 2.25. The minimum Gasteiger partial charge on any atom is -0.478 e. The molecule has 1 aromatic heterocycles. The van der Waals surface area contributed by atoms with E-state index in [0.29, 0.717) is 6.04 Å². The fourth-order valence-corrected chi connectivity index (χ4v) is 2.14. The van der Waals surface area contributed by atoms with Gasteiger partial charge < -0.3 is 10.0 Å². The topological polar surface area (TPSA) is 71.2 Å². The average molecular weight is 290 g/mol. The van der Waals surface area contributed by atoms with Crippen molar-refractivity contribution in [2.75, 3.05) is 13.6 Å².